The number of hydrogen-bond donors (Lipinski definition) is 2. The smallest absolute Gasteiger partial charge is 0.258 e. The normalized spacial score (nSPS) is 22.5. The minimum atomic E-state index is -0.263. The van der Waals surface area contributed by atoms with Crippen molar-refractivity contribution in [2.75, 3.05) is 5.32 Å². The minimum absolute atomic E-state index is 0.232. The van der Waals surface area contributed by atoms with E-state index in [2.05, 4.69) is 60.7 Å². The van der Waals surface area contributed by atoms with Crippen molar-refractivity contribution in [3.63, 3.8) is 0 Å². The van der Waals surface area contributed by atoms with E-state index in [1.165, 1.54) is 76.0 Å². The van der Waals surface area contributed by atoms with Gasteiger partial charge < -0.3 is 5.32 Å². The van der Waals surface area contributed by atoms with E-state index < -0.39 is 0 Å². The molecule has 1 fully saturated rings. The molecule has 0 atom stereocenters. The summed E-state index contributed by atoms with van der Waals surface area (Å²) in [4.78, 5) is 16.2. The van der Waals surface area contributed by atoms with Gasteiger partial charge >= 0.3 is 0 Å². The molecule has 0 radical (unpaired) electrons. The monoisotopic (exact) mass is 465 g/mol. The predicted molar refractivity (Wildman–Crippen MR) is 142 cm³/mol. The first-order valence-electron chi connectivity index (χ1n) is 12.5. The lowest BCUT2D eigenvalue weighted by Gasteiger charge is -2.45. The van der Waals surface area contributed by atoms with E-state index in [4.69, 9.17) is 12.2 Å². The maximum Gasteiger partial charge on any atom is 0.258 e. The molecule has 2 aromatic rings. The largest absolute Gasteiger partial charge is 0.332 e. The molecule has 0 aliphatic heterocycles. The highest BCUT2D eigenvalue weighted by molar-refractivity contribution is 7.80. The molecule has 0 spiro atoms. The Bertz CT molecular complexity index is 902. The van der Waals surface area contributed by atoms with Gasteiger partial charge in [0.1, 0.15) is 0 Å². The average molecular weight is 466 g/mol. The summed E-state index contributed by atoms with van der Waals surface area (Å²) >= 11 is 5.32. The van der Waals surface area contributed by atoms with Crippen molar-refractivity contribution in [3.8, 4) is 0 Å². The van der Waals surface area contributed by atoms with Crippen LogP contribution in [0.1, 0.15) is 101 Å². The van der Waals surface area contributed by atoms with E-state index in [-0.39, 0.29) is 16.4 Å². The zero-order chi connectivity index (χ0) is 23.7. The summed E-state index contributed by atoms with van der Waals surface area (Å²) < 4.78 is 0. The van der Waals surface area contributed by atoms with Crippen LogP contribution < -0.4 is 10.6 Å². The van der Waals surface area contributed by atoms with E-state index in [0.29, 0.717) is 11.0 Å². The molecule has 1 amide bonds. The van der Waals surface area contributed by atoms with Crippen LogP contribution in [-0.4, -0.2) is 16.0 Å². The number of hydrogen-bond acceptors (Lipinski definition) is 3. The molecule has 1 heterocycles. The molecule has 2 N–H and O–H groups in total. The molecule has 178 valence electrons. The number of anilines is 1. The Morgan fingerprint density at radius 1 is 1.03 bits per heavy atom. The van der Waals surface area contributed by atoms with Crippen LogP contribution >= 0.6 is 12.2 Å². The number of carbonyl (C=O) groups excluding carboxylic acids is 1. The van der Waals surface area contributed by atoms with Gasteiger partial charge in [-0.3, -0.25) is 15.1 Å². The molecule has 1 aliphatic carbocycles. The molecule has 1 aromatic carbocycles. The van der Waals surface area contributed by atoms with Crippen molar-refractivity contribution in [1.82, 2.24) is 10.3 Å². The highest BCUT2D eigenvalue weighted by Gasteiger charge is 2.39. The first-order valence-corrected chi connectivity index (χ1v) is 12.9. The lowest BCUT2D eigenvalue weighted by molar-refractivity contribution is 0.0977. The third-order valence-electron chi connectivity index (χ3n) is 7.72. The number of benzene rings is 1. The molecule has 4 nitrogen and oxygen atoms in total. The van der Waals surface area contributed by atoms with Gasteiger partial charge in [-0.25, -0.2) is 0 Å². The second-order valence-electron chi connectivity index (χ2n) is 9.95. The third kappa shape index (κ3) is 6.86. The average Bonchev–Trinajstić information content (AvgIpc) is 2.84. The van der Waals surface area contributed by atoms with Crippen LogP contribution in [-0.2, 0) is 5.41 Å². The third-order valence-corrected chi connectivity index (χ3v) is 7.92. The van der Waals surface area contributed by atoms with Gasteiger partial charge in [-0.15, -0.1) is 0 Å². The van der Waals surface area contributed by atoms with Gasteiger partial charge in [0.2, 0.25) is 0 Å². The summed E-state index contributed by atoms with van der Waals surface area (Å²) in [5, 5.41) is 6.12. The first-order chi connectivity index (χ1) is 15.9. The van der Waals surface area contributed by atoms with Gasteiger partial charge in [0.15, 0.2) is 5.11 Å². The Kier molecular flexibility index (Phi) is 9.02. The number of amides is 1. The molecule has 33 heavy (non-hydrogen) atoms. The van der Waals surface area contributed by atoms with E-state index in [1.807, 2.05) is 0 Å². The molecule has 0 unspecified atom stereocenters. The number of pyridine rings is 1. The number of unbranched alkanes of at least 4 members (excludes halogenated alkanes) is 3. The molecule has 0 saturated heterocycles. The van der Waals surface area contributed by atoms with Crippen LogP contribution in [0.4, 0.5) is 5.69 Å². The molecule has 1 aliphatic rings. The summed E-state index contributed by atoms with van der Waals surface area (Å²) in [5.74, 6) is -0.263. The quantitative estimate of drug-likeness (QED) is 0.299. The van der Waals surface area contributed by atoms with Crippen molar-refractivity contribution in [1.29, 1.82) is 0 Å². The molecule has 1 saturated carbocycles. The van der Waals surface area contributed by atoms with Crippen LogP contribution in [0, 0.1) is 5.41 Å². The Hall–Kier alpha value is -2.27. The number of carbonyl (C=O) groups is 1. The van der Waals surface area contributed by atoms with E-state index in [0.717, 1.165) is 5.69 Å². The molecule has 5 heteroatoms. The fourth-order valence-electron chi connectivity index (χ4n) is 5.12. The second kappa shape index (κ2) is 11.7. The van der Waals surface area contributed by atoms with E-state index in [9.17, 15) is 4.79 Å². The Morgan fingerprint density at radius 3 is 2.36 bits per heavy atom. The summed E-state index contributed by atoms with van der Waals surface area (Å²) in [6.07, 6.45) is 16.5. The maximum absolute atomic E-state index is 12.2. The molecule has 1 aromatic heterocycles. The van der Waals surface area contributed by atoms with Crippen molar-refractivity contribution < 1.29 is 4.79 Å². The highest BCUT2D eigenvalue weighted by atomic mass is 32.1. The summed E-state index contributed by atoms with van der Waals surface area (Å²) in [6, 6.07) is 12.0. The summed E-state index contributed by atoms with van der Waals surface area (Å²) in [6.45, 7) is 7.10. The topological polar surface area (TPSA) is 54.0 Å². The number of aromatic nitrogens is 1. The maximum atomic E-state index is 12.2. The number of nitrogens with zero attached hydrogens (tertiary/aromatic N) is 1. The summed E-state index contributed by atoms with van der Waals surface area (Å²) in [7, 11) is 0. The Morgan fingerprint density at radius 2 is 1.76 bits per heavy atom. The SMILES string of the molecule is CCCCCCC1(CC)CCC(C)(c2ccc(NC(=S)NC(=O)c3cccnc3)cc2)CC1. The lowest BCUT2D eigenvalue weighted by atomic mass is 9.60. The Labute approximate surface area is 205 Å². The number of nitrogens with one attached hydrogen (secondary N) is 2. The van der Waals surface area contributed by atoms with Gasteiger partial charge in [-0.05, 0) is 85.0 Å². The van der Waals surface area contributed by atoms with Gasteiger partial charge in [-0.1, -0.05) is 65.0 Å². The molecular weight excluding hydrogens is 426 g/mol. The standard InChI is InChI=1S/C28H39N3OS/c1-4-6-7-8-15-28(5-2)18-16-27(3,17-19-28)23-11-13-24(14-12-23)30-26(33)31-25(32)22-10-9-20-29-21-22/h9-14,20-21H,4-8,15-19H2,1-3H3,(H2,30,31,32,33). The fourth-order valence-corrected chi connectivity index (χ4v) is 5.33. The molecular formula is C28H39N3OS. The van der Waals surface area contributed by atoms with Gasteiger partial charge in [0.25, 0.3) is 5.91 Å². The zero-order valence-electron chi connectivity index (χ0n) is 20.5. The lowest BCUT2D eigenvalue weighted by Crippen LogP contribution is -2.35. The Balaban J connectivity index is 1.54. The van der Waals surface area contributed by atoms with Crippen LogP contribution in [0.5, 0.6) is 0 Å². The highest BCUT2D eigenvalue weighted by Crippen LogP contribution is 2.50. The first kappa shape index (κ1) is 25.4. The summed E-state index contributed by atoms with van der Waals surface area (Å²) in [5.41, 5.74) is 3.54. The minimum Gasteiger partial charge on any atom is -0.332 e. The fraction of sp³-hybridized carbons (Fsp3) is 0.536. The zero-order valence-corrected chi connectivity index (χ0v) is 21.3. The molecule has 0 bridgehead atoms. The number of thiocarbonyl (C=S) groups is 1. The predicted octanol–water partition coefficient (Wildman–Crippen LogP) is 7.41. The van der Waals surface area contributed by atoms with Crippen LogP contribution in [0.25, 0.3) is 0 Å². The number of rotatable bonds is 9. The van der Waals surface area contributed by atoms with Crippen LogP contribution in [0.15, 0.2) is 48.8 Å². The van der Waals surface area contributed by atoms with E-state index >= 15 is 0 Å². The molecule has 3 rings (SSSR count). The van der Waals surface area contributed by atoms with Crippen molar-refractivity contribution in [3.05, 3.63) is 59.9 Å². The van der Waals surface area contributed by atoms with Crippen molar-refractivity contribution in [2.45, 2.75) is 90.4 Å². The van der Waals surface area contributed by atoms with Gasteiger partial charge in [0, 0.05) is 18.1 Å². The van der Waals surface area contributed by atoms with Gasteiger partial charge in [-0.2, -0.15) is 0 Å². The van der Waals surface area contributed by atoms with Crippen LogP contribution in [0.3, 0.4) is 0 Å². The van der Waals surface area contributed by atoms with Crippen LogP contribution in [0.2, 0.25) is 0 Å². The second-order valence-corrected chi connectivity index (χ2v) is 10.4. The van der Waals surface area contributed by atoms with Crippen molar-refractivity contribution in [2.24, 2.45) is 5.41 Å². The van der Waals surface area contributed by atoms with Gasteiger partial charge in [0.05, 0.1) is 5.56 Å². The van der Waals surface area contributed by atoms with Crippen molar-refractivity contribution >= 4 is 28.9 Å². The van der Waals surface area contributed by atoms with E-state index in [1.54, 1.807) is 18.3 Å².